The highest BCUT2D eigenvalue weighted by atomic mass is 127. The quantitative estimate of drug-likeness (QED) is 0.708. The molecule has 0 aliphatic heterocycles. The Bertz CT molecular complexity index is 621. The second kappa shape index (κ2) is 4.79. The zero-order valence-corrected chi connectivity index (χ0v) is 11.3. The lowest BCUT2D eigenvalue weighted by Gasteiger charge is -2.10. The first-order valence-electron chi connectivity index (χ1n) is 5.09. The molecule has 16 heavy (non-hydrogen) atoms. The molecule has 84 valence electrons. The molecule has 0 unspecified atom stereocenters. The minimum atomic E-state index is -3.45. The summed E-state index contributed by atoms with van der Waals surface area (Å²) < 4.78 is 45.6. The second-order valence-corrected chi connectivity index (χ2v) is 4.91. The Kier molecular flexibility index (Phi) is 2.85. The zero-order chi connectivity index (χ0) is 13.5. The fourth-order valence-electron chi connectivity index (χ4n) is 1.36. The fraction of sp³-hybridized carbons (Fsp3) is 0.100. The Morgan fingerprint density at radius 2 is 2.31 bits per heavy atom. The first kappa shape index (κ1) is 9.52. The summed E-state index contributed by atoms with van der Waals surface area (Å²) >= 11 is 5.06. The average Bonchev–Trinajstić information content (AvgIpc) is 2.23. The first-order chi connectivity index (χ1) is 8.29. The lowest BCUT2D eigenvalue weighted by Crippen LogP contribution is -1.97. The van der Waals surface area contributed by atoms with E-state index < -0.39 is 18.4 Å². The van der Waals surface area contributed by atoms with Gasteiger partial charge in [0.1, 0.15) is 2.74 Å². The molecule has 6 heteroatoms. The third-order valence-corrected chi connectivity index (χ3v) is 3.47. The Morgan fingerprint density at radius 1 is 1.56 bits per heavy atom. The molecule has 2 aromatic rings. The van der Waals surface area contributed by atoms with Gasteiger partial charge in [-0.05, 0) is 44.6 Å². The summed E-state index contributed by atoms with van der Waals surface area (Å²) in [5.74, 6) is -1.31. The van der Waals surface area contributed by atoms with Gasteiger partial charge in [0.05, 0.1) is 0 Å². The van der Waals surface area contributed by atoms with Crippen LogP contribution in [-0.4, -0.2) is 11.8 Å². The van der Waals surface area contributed by atoms with Crippen molar-refractivity contribution in [3.63, 3.8) is 0 Å². The minimum absolute atomic E-state index is 0.277. The van der Waals surface area contributed by atoms with Crippen LogP contribution in [0.2, 0.25) is 0 Å². The van der Waals surface area contributed by atoms with Crippen molar-refractivity contribution in [1.82, 2.24) is 4.98 Å². The van der Waals surface area contributed by atoms with E-state index in [1.165, 1.54) is 12.4 Å². The van der Waals surface area contributed by atoms with Crippen LogP contribution in [0.25, 0.3) is 10.8 Å². The Balaban J connectivity index is 2.79. The van der Waals surface area contributed by atoms with E-state index in [-0.39, 0.29) is 5.39 Å². The number of rotatable bonds is 2. The number of ether oxygens (including phenoxy) is 1. The number of hydrogen-bond acceptors (Lipinski definition) is 2. The highest BCUT2D eigenvalue weighted by molar-refractivity contribution is 14.1. The lowest BCUT2D eigenvalue weighted by molar-refractivity contribution is 0.186. The van der Waals surface area contributed by atoms with Crippen molar-refractivity contribution < 1.29 is 16.3 Å². The molecule has 1 aromatic carbocycles. The maximum Gasteiger partial charge on any atom is 0.228 e. The molecule has 2 rings (SSSR count). The maximum absolute atomic E-state index is 13.8. The summed E-state index contributed by atoms with van der Waals surface area (Å²) in [6.45, 7) is -3.45. The van der Waals surface area contributed by atoms with E-state index >= 15 is 0 Å². The molecule has 1 aromatic heterocycles. The standard InChI is InChI=1S/C10H5BrF2INO/c11-6-1-7(13)10(16-4-12)9-5(6)2-15-3-8(9)14/h1-3H,4H2/i4D2. The molecule has 0 N–H and O–H groups in total. The van der Waals surface area contributed by atoms with Gasteiger partial charge in [-0.2, -0.15) is 0 Å². The van der Waals surface area contributed by atoms with Gasteiger partial charge in [-0.3, -0.25) is 4.98 Å². The van der Waals surface area contributed by atoms with Crippen molar-refractivity contribution in [2.75, 3.05) is 6.81 Å². The Morgan fingerprint density at radius 3 is 3.00 bits per heavy atom. The molecule has 0 fully saturated rings. The van der Waals surface area contributed by atoms with Crippen LogP contribution >= 0.6 is 38.5 Å². The lowest BCUT2D eigenvalue weighted by atomic mass is 10.1. The van der Waals surface area contributed by atoms with Gasteiger partial charge in [-0.15, -0.1) is 0 Å². The zero-order valence-electron chi connectivity index (χ0n) is 9.60. The topological polar surface area (TPSA) is 22.1 Å². The van der Waals surface area contributed by atoms with Gasteiger partial charge in [-0.25, -0.2) is 8.78 Å². The molecule has 0 saturated carbocycles. The van der Waals surface area contributed by atoms with E-state index in [0.717, 1.165) is 6.07 Å². The first-order valence-corrected chi connectivity index (χ1v) is 5.96. The van der Waals surface area contributed by atoms with Gasteiger partial charge in [-0.1, -0.05) is 0 Å². The molecule has 0 bridgehead atoms. The summed E-state index contributed by atoms with van der Waals surface area (Å²) in [5, 5.41) is 0.793. The number of fused-ring (bicyclic) bond motifs is 1. The molecule has 0 aliphatic carbocycles. The van der Waals surface area contributed by atoms with E-state index in [0.29, 0.717) is 13.4 Å². The number of benzene rings is 1. The molecule has 0 radical (unpaired) electrons. The van der Waals surface area contributed by atoms with Crippen LogP contribution < -0.4 is 4.74 Å². The molecular formula is C10H5BrF2INO. The molecule has 0 amide bonds. The van der Waals surface area contributed by atoms with Crippen LogP contribution in [0.15, 0.2) is 22.9 Å². The number of halogens is 4. The van der Waals surface area contributed by atoms with Gasteiger partial charge in [0.2, 0.25) is 6.81 Å². The fourth-order valence-corrected chi connectivity index (χ4v) is 2.56. The monoisotopic (exact) mass is 401 g/mol. The third kappa shape index (κ3) is 2.00. The number of nitrogens with zero attached hydrogens (tertiary/aromatic N) is 1. The van der Waals surface area contributed by atoms with E-state index in [2.05, 4.69) is 25.7 Å². The van der Waals surface area contributed by atoms with Crippen molar-refractivity contribution in [3.05, 3.63) is 32.3 Å². The number of alkyl halides is 1. The average molecular weight is 402 g/mol. The minimum Gasteiger partial charge on any atom is -0.459 e. The molecule has 0 aliphatic rings. The van der Waals surface area contributed by atoms with E-state index in [4.69, 9.17) is 2.74 Å². The van der Waals surface area contributed by atoms with Gasteiger partial charge in [0, 0.05) is 31.2 Å². The van der Waals surface area contributed by atoms with Crippen LogP contribution in [0.3, 0.4) is 0 Å². The third-order valence-electron chi connectivity index (χ3n) is 2.00. The predicted molar refractivity (Wildman–Crippen MR) is 68.7 cm³/mol. The Labute approximate surface area is 115 Å². The van der Waals surface area contributed by atoms with Crippen molar-refractivity contribution in [1.29, 1.82) is 0 Å². The largest absolute Gasteiger partial charge is 0.459 e. The van der Waals surface area contributed by atoms with Crippen LogP contribution in [0.4, 0.5) is 8.78 Å². The van der Waals surface area contributed by atoms with Gasteiger partial charge < -0.3 is 4.74 Å². The van der Waals surface area contributed by atoms with Gasteiger partial charge in [0.15, 0.2) is 11.6 Å². The molecule has 0 atom stereocenters. The summed E-state index contributed by atoms with van der Waals surface area (Å²) in [7, 11) is 0. The van der Waals surface area contributed by atoms with Crippen molar-refractivity contribution in [3.8, 4) is 5.75 Å². The van der Waals surface area contributed by atoms with E-state index in [9.17, 15) is 8.78 Å². The highest BCUT2D eigenvalue weighted by Crippen LogP contribution is 2.36. The van der Waals surface area contributed by atoms with Gasteiger partial charge >= 0.3 is 0 Å². The van der Waals surface area contributed by atoms with E-state index in [1.807, 2.05) is 22.6 Å². The SMILES string of the molecule is [2H]C([2H])(F)Oc1c(F)cc(Br)c2cncc(I)c12. The summed E-state index contributed by atoms with van der Waals surface area (Å²) in [5.41, 5.74) is 0. The Hall–Kier alpha value is -0.500. The second-order valence-electron chi connectivity index (χ2n) is 2.89. The number of pyridine rings is 1. The number of hydrogen-bond donors (Lipinski definition) is 0. The van der Waals surface area contributed by atoms with Gasteiger partial charge in [0.25, 0.3) is 0 Å². The van der Waals surface area contributed by atoms with Crippen LogP contribution in [0.1, 0.15) is 2.74 Å². The van der Waals surface area contributed by atoms with Crippen LogP contribution in [0, 0.1) is 9.39 Å². The summed E-state index contributed by atoms with van der Waals surface area (Å²) in [6, 6.07) is 1.08. The van der Waals surface area contributed by atoms with Crippen LogP contribution in [-0.2, 0) is 0 Å². The summed E-state index contributed by atoms with van der Waals surface area (Å²) in [6.07, 6.45) is 2.91. The van der Waals surface area contributed by atoms with Crippen molar-refractivity contribution in [2.45, 2.75) is 0 Å². The molecule has 2 nitrogen and oxygen atoms in total. The highest BCUT2D eigenvalue weighted by Gasteiger charge is 2.15. The molecule has 0 spiro atoms. The molecule has 0 saturated heterocycles. The normalized spacial score (nSPS) is 13.5. The summed E-state index contributed by atoms with van der Waals surface area (Å²) in [4.78, 5) is 3.94. The maximum atomic E-state index is 13.8. The predicted octanol–water partition coefficient (Wildman–Crippen LogP) is 4.05. The molecule has 1 heterocycles. The molecular weight excluding hydrogens is 395 g/mol. The van der Waals surface area contributed by atoms with Crippen molar-refractivity contribution >= 4 is 49.3 Å². The van der Waals surface area contributed by atoms with E-state index in [1.54, 1.807) is 0 Å². The van der Waals surface area contributed by atoms with Crippen molar-refractivity contribution in [2.24, 2.45) is 0 Å². The number of aromatic nitrogens is 1. The smallest absolute Gasteiger partial charge is 0.228 e. The van der Waals surface area contributed by atoms with Crippen LogP contribution in [0.5, 0.6) is 5.75 Å².